The molecule has 0 spiro atoms. The van der Waals surface area contributed by atoms with E-state index in [1.165, 1.54) is 14.2 Å². The summed E-state index contributed by atoms with van der Waals surface area (Å²) in [5.41, 5.74) is 8.06. The lowest BCUT2D eigenvalue weighted by Crippen LogP contribution is -2.37. The number of nitrogens with two attached hydrogens (primary N) is 1. The van der Waals surface area contributed by atoms with Gasteiger partial charge in [0.2, 0.25) is 0 Å². The molecule has 0 radical (unpaired) electrons. The van der Waals surface area contributed by atoms with Crippen molar-refractivity contribution in [2.75, 3.05) is 19.5 Å². The third-order valence-electron chi connectivity index (χ3n) is 7.04. The maximum absolute atomic E-state index is 13.0. The predicted octanol–water partition coefficient (Wildman–Crippen LogP) is 4.03. The molecule has 9 nitrogen and oxygen atoms in total. The molecule has 1 heterocycles. The zero-order chi connectivity index (χ0) is 30.0. The number of hydrogen-bond donors (Lipinski definition) is 4. The largest absolute Gasteiger partial charge is 0.507 e. The Labute approximate surface area is 237 Å². The number of aliphatic hydroxyl groups is 1. The Morgan fingerprint density at radius 1 is 1.23 bits per heavy atom. The minimum atomic E-state index is -0.969. The van der Waals surface area contributed by atoms with Crippen LogP contribution >= 0.6 is 0 Å². The minimum Gasteiger partial charge on any atom is -0.507 e. The number of allylic oxidation sites excluding steroid dienone is 2. The van der Waals surface area contributed by atoms with Gasteiger partial charge in [-0.05, 0) is 55.9 Å². The first-order valence-electron chi connectivity index (χ1n) is 13.2. The van der Waals surface area contributed by atoms with E-state index in [4.69, 9.17) is 26.4 Å². The fraction of sp³-hybridized carbons (Fsp3) is 0.484. The predicted molar refractivity (Wildman–Crippen MR) is 155 cm³/mol. The topological polar surface area (TPSA) is 140 Å². The molecule has 0 fully saturated rings. The summed E-state index contributed by atoms with van der Waals surface area (Å²) in [6, 6.07) is 3.40. The van der Waals surface area contributed by atoms with Gasteiger partial charge in [0.25, 0.3) is 5.91 Å². The van der Waals surface area contributed by atoms with Crippen LogP contribution in [0.25, 0.3) is 0 Å². The summed E-state index contributed by atoms with van der Waals surface area (Å²) in [6.07, 6.45) is 9.42. The molecule has 0 saturated carbocycles. The van der Waals surface area contributed by atoms with E-state index in [2.05, 4.69) is 11.2 Å². The van der Waals surface area contributed by atoms with Crippen LogP contribution in [0, 0.1) is 24.2 Å². The quantitative estimate of drug-likeness (QED) is 0.250. The van der Waals surface area contributed by atoms with Gasteiger partial charge in [-0.25, -0.2) is 4.79 Å². The van der Waals surface area contributed by atoms with E-state index in [0.717, 1.165) is 0 Å². The molecule has 218 valence electrons. The van der Waals surface area contributed by atoms with Crippen molar-refractivity contribution >= 4 is 17.7 Å². The lowest BCUT2D eigenvalue weighted by atomic mass is 9.87. The highest BCUT2D eigenvalue weighted by Gasteiger charge is 2.29. The van der Waals surface area contributed by atoms with E-state index >= 15 is 0 Å². The first-order valence-corrected chi connectivity index (χ1v) is 13.2. The molecule has 5 N–H and O–H groups in total. The number of terminal acetylenes is 1. The summed E-state index contributed by atoms with van der Waals surface area (Å²) < 4.78 is 16.6. The molecule has 0 aliphatic carbocycles. The molecule has 1 aromatic carbocycles. The normalized spacial score (nSPS) is 30.1. The average molecular weight is 555 g/mol. The van der Waals surface area contributed by atoms with Crippen molar-refractivity contribution in [2.45, 2.75) is 71.4 Å². The van der Waals surface area contributed by atoms with Crippen molar-refractivity contribution in [3.63, 3.8) is 0 Å². The summed E-state index contributed by atoms with van der Waals surface area (Å²) in [5.74, 6) is 1.92. The standard InChI is InChI=1S/C31H42N2O7/c1-8-10-22-16-24-17-23(28(22)35)13-18(2)14-26(39-7)27(34)20(4)15-21(5)29(40-31(32)37)25(38-6)12-9-11-19(3)30(36)33-24/h1,9,11-12,15-18,20,25-27,29,34-35H,10,13-14H2,2-7H3,(H2,32,37)(H,33,36)/b12-9+,19-11-,21-15-/t18-,20-,25+,26+,27+,29+/m0/s1. The average Bonchev–Trinajstić information content (AvgIpc) is 2.90. The second-order valence-electron chi connectivity index (χ2n) is 10.4. The number of ether oxygens (including phenoxy) is 3. The fourth-order valence-corrected chi connectivity index (χ4v) is 4.87. The van der Waals surface area contributed by atoms with Crippen LogP contribution in [0.3, 0.4) is 0 Å². The zero-order valence-corrected chi connectivity index (χ0v) is 24.1. The van der Waals surface area contributed by atoms with Gasteiger partial charge >= 0.3 is 6.09 Å². The highest BCUT2D eigenvalue weighted by atomic mass is 16.6. The summed E-state index contributed by atoms with van der Waals surface area (Å²) in [7, 11) is 3.01. The van der Waals surface area contributed by atoms with Crippen LogP contribution in [0.5, 0.6) is 5.75 Å². The van der Waals surface area contributed by atoms with Crippen LogP contribution in [0.2, 0.25) is 0 Å². The number of carbonyl (C=O) groups excluding carboxylic acids is 2. The van der Waals surface area contributed by atoms with E-state index in [0.29, 0.717) is 40.8 Å². The van der Waals surface area contributed by atoms with E-state index in [-0.39, 0.29) is 29.9 Å². The minimum absolute atomic E-state index is 0.0101. The number of amides is 2. The van der Waals surface area contributed by atoms with E-state index in [9.17, 15) is 19.8 Å². The number of aliphatic hydroxyl groups excluding tert-OH is 1. The Kier molecular flexibility index (Phi) is 12.5. The maximum atomic E-state index is 13.0. The summed E-state index contributed by atoms with van der Waals surface area (Å²) in [4.78, 5) is 24.7. The molecular weight excluding hydrogens is 512 g/mol. The third kappa shape index (κ3) is 8.98. The fourth-order valence-electron chi connectivity index (χ4n) is 4.87. The SMILES string of the molecule is C#CCc1cc2cc(c1O)C[C@H](C)C[C@@H](OC)[C@H](O)[C@@H](C)/C=C(/C)[C@@H](OC(N)=O)[C@H](OC)/C=C/C=C(/C)C(=O)N2. The van der Waals surface area contributed by atoms with Gasteiger partial charge in [0.1, 0.15) is 11.9 Å². The van der Waals surface area contributed by atoms with Gasteiger partial charge in [0.15, 0.2) is 6.10 Å². The molecule has 1 aliphatic rings. The number of phenolic OH excluding ortho intramolecular Hbond substituents is 1. The van der Waals surface area contributed by atoms with Gasteiger partial charge in [0.05, 0.1) is 12.2 Å². The van der Waals surface area contributed by atoms with Crippen LogP contribution < -0.4 is 11.1 Å². The summed E-state index contributed by atoms with van der Waals surface area (Å²) in [6.45, 7) is 7.27. The molecule has 0 unspecified atom stereocenters. The molecule has 2 rings (SSSR count). The van der Waals surface area contributed by atoms with Crippen molar-refractivity contribution < 1.29 is 34.0 Å². The number of phenols is 1. The molecule has 1 aromatic rings. The molecule has 0 saturated heterocycles. The molecular formula is C31H42N2O7. The maximum Gasteiger partial charge on any atom is 0.405 e. The van der Waals surface area contributed by atoms with Crippen LogP contribution in [-0.2, 0) is 31.8 Å². The molecule has 40 heavy (non-hydrogen) atoms. The second kappa shape index (κ2) is 15.3. The number of primary amides is 1. The number of hydrogen-bond acceptors (Lipinski definition) is 7. The van der Waals surface area contributed by atoms with Crippen molar-refractivity contribution in [1.82, 2.24) is 0 Å². The zero-order valence-electron chi connectivity index (χ0n) is 24.1. The third-order valence-corrected chi connectivity index (χ3v) is 7.04. The Morgan fingerprint density at radius 3 is 2.52 bits per heavy atom. The van der Waals surface area contributed by atoms with Gasteiger partial charge in [-0.3, -0.25) is 4.79 Å². The van der Waals surface area contributed by atoms with Crippen molar-refractivity contribution in [3.05, 3.63) is 58.7 Å². The Balaban J connectivity index is 2.61. The lowest BCUT2D eigenvalue weighted by molar-refractivity contribution is -0.112. The van der Waals surface area contributed by atoms with Crippen LogP contribution in [0.4, 0.5) is 10.5 Å². The van der Waals surface area contributed by atoms with Crippen LogP contribution in [0.1, 0.15) is 45.2 Å². The number of benzene rings is 1. The van der Waals surface area contributed by atoms with Gasteiger partial charge in [-0.15, -0.1) is 12.3 Å². The second-order valence-corrected chi connectivity index (χ2v) is 10.4. The Bertz CT molecular complexity index is 1180. The number of anilines is 1. The van der Waals surface area contributed by atoms with Crippen molar-refractivity contribution in [3.8, 4) is 18.1 Å². The monoisotopic (exact) mass is 554 g/mol. The summed E-state index contributed by atoms with van der Waals surface area (Å²) >= 11 is 0. The highest BCUT2D eigenvalue weighted by molar-refractivity contribution is 6.03. The number of aromatic hydroxyl groups is 1. The first kappa shape index (κ1) is 32.6. The summed E-state index contributed by atoms with van der Waals surface area (Å²) in [5, 5.41) is 25.0. The lowest BCUT2D eigenvalue weighted by Gasteiger charge is -2.29. The number of nitrogens with one attached hydrogen (secondary N) is 1. The van der Waals surface area contributed by atoms with Crippen molar-refractivity contribution in [2.24, 2.45) is 17.6 Å². The van der Waals surface area contributed by atoms with E-state index in [1.807, 2.05) is 13.8 Å². The number of carbonyl (C=O) groups is 2. The molecule has 1 aliphatic heterocycles. The van der Waals surface area contributed by atoms with E-state index < -0.39 is 30.5 Å². The molecule has 0 aromatic heterocycles. The first-order chi connectivity index (χ1) is 18.9. The van der Waals surface area contributed by atoms with Gasteiger partial charge in [-0.2, -0.15) is 0 Å². The Hall–Kier alpha value is -3.58. The number of rotatable bonds is 4. The van der Waals surface area contributed by atoms with E-state index in [1.54, 1.807) is 50.3 Å². The molecule has 2 bridgehead atoms. The molecule has 2 amide bonds. The van der Waals surface area contributed by atoms with Crippen molar-refractivity contribution in [1.29, 1.82) is 0 Å². The van der Waals surface area contributed by atoms with Gasteiger partial charge < -0.3 is 35.5 Å². The number of fused-ring (bicyclic) bond motifs is 2. The van der Waals surface area contributed by atoms with Crippen LogP contribution in [0.15, 0.2) is 47.6 Å². The molecule has 9 heteroatoms. The van der Waals surface area contributed by atoms with Gasteiger partial charge in [-0.1, -0.05) is 38.2 Å². The van der Waals surface area contributed by atoms with Gasteiger partial charge in [0, 0.05) is 43.4 Å². The molecule has 6 atom stereocenters. The highest BCUT2D eigenvalue weighted by Crippen LogP contribution is 2.32. The number of methoxy groups -OCH3 is 2. The van der Waals surface area contributed by atoms with Crippen LogP contribution in [-0.4, -0.2) is 60.8 Å². The smallest absolute Gasteiger partial charge is 0.405 e. The Morgan fingerprint density at radius 2 is 1.93 bits per heavy atom.